The molecule has 28 heavy (non-hydrogen) atoms. The Labute approximate surface area is 163 Å². The van der Waals surface area contributed by atoms with E-state index in [2.05, 4.69) is 30.2 Å². The van der Waals surface area contributed by atoms with Crippen molar-refractivity contribution in [3.63, 3.8) is 0 Å². The van der Waals surface area contributed by atoms with Crippen LogP contribution in [0, 0.1) is 6.92 Å². The van der Waals surface area contributed by atoms with Crippen LogP contribution in [0.3, 0.4) is 0 Å². The molecule has 5 heteroatoms. The van der Waals surface area contributed by atoms with Gasteiger partial charge in [-0.15, -0.1) is 0 Å². The van der Waals surface area contributed by atoms with Crippen LogP contribution in [-0.2, 0) is 6.42 Å². The van der Waals surface area contributed by atoms with Crippen LogP contribution >= 0.6 is 0 Å². The highest BCUT2D eigenvalue weighted by molar-refractivity contribution is 6.09. The lowest BCUT2D eigenvalue weighted by Gasteiger charge is -2.18. The Kier molecular flexibility index (Phi) is 3.86. The molecule has 1 amide bonds. The van der Waals surface area contributed by atoms with Gasteiger partial charge in [0.1, 0.15) is 5.56 Å². The molecule has 2 aromatic carbocycles. The van der Waals surface area contributed by atoms with Gasteiger partial charge in [-0.05, 0) is 54.8 Å². The van der Waals surface area contributed by atoms with E-state index in [9.17, 15) is 4.79 Å². The minimum Gasteiger partial charge on any atom is -0.308 e. The Bertz CT molecular complexity index is 1160. The van der Waals surface area contributed by atoms with Crippen molar-refractivity contribution >= 4 is 11.6 Å². The fourth-order valence-electron chi connectivity index (χ4n) is 3.86. The van der Waals surface area contributed by atoms with Crippen molar-refractivity contribution in [3.8, 4) is 11.5 Å². The molecule has 0 spiro atoms. The van der Waals surface area contributed by atoms with E-state index >= 15 is 0 Å². The third-order valence-corrected chi connectivity index (χ3v) is 5.20. The molecule has 0 radical (unpaired) electrons. The smallest absolute Gasteiger partial charge is 0.263 e. The second-order valence-corrected chi connectivity index (χ2v) is 7.06. The first-order valence-corrected chi connectivity index (χ1v) is 9.40. The maximum Gasteiger partial charge on any atom is 0.263 e. The fraction of sp³-hybridized carbons (Fsp3) is 0.130. The monoisotopic (exact) mass is 368 g/mol. The zero-order valence-electron chi connectivity index (χ0n) is 15.6. The third kappa shape index (κ3) is 2.63. The molecule has 0 saturated carbocycles. The van der Waals surface area contributed by atoms with Crippen LogP contribution in [0.1, 0.15) is 21.5 Å². The summed E-state index contributed by atoms with van der Waals surface area (Å²) in [5, 5.41) is 4.58. The average Bonchev–Trinajstić information content (AvgIpc) is 3.45. The number of nitrogens with zero attached hydrogens (tertiary/aromatic N) is 4. The quantitative estimate of drug-likeness (QED) is 0.545. The van der Waals surface area contributed by atoms with E-state index in [4.69, 9.17) is 0 Å². The van der Waals surface area contributed by atoms with Gasteiger partial charge in [-0.2, -0.15) is 5.10 Å². The molecule has 5 nitrogen and oxygen atoms in total. The lowest BCUT2D eigenvalue weighted by Crippen LogP contribution is -2.29. The molecule has 1 aliphatic rings. The summed E-state index contributed by atoms with van der Waals surface area (Å²) >= 11 is 0. The number of hydrogen-bond donors (Lipinski definition) is 0. The summed E-state index contributed by atoms with van der Waals surface area (Å²) in [7, 11) is 0. The summed E-state index contributed by atoms with van der Waals surface area (Å²) in [5.74, 6) is 0.734. The maximum atomic E-state index is 13.5. The van der Waals surface area contributed by atoms with Crippen molar-refractivity contribution in [2.75, 3.05) is 11.4 Å². The molecule has 1 aliphatic heterocycles. The van der Waals surface area contributed by atoms with Crippen molar-refractivity contribution < 1.29 is 4.79 Å². The molecule has 3 heterocycles. The standard InChI is InChI=1S/C23H20N4O/c1-17-7-6-9-19(15-17)27-22(25-12-4-5-13-25)20(16-24-27)23(28)26-14-11-18-8-2-3-10-21(18)26/h2-10,12-13,15-16H,11,14H2,1H3. The molecule has 0 N–H and O–H groups in total. The van der Waals surface area contributed by atoms with E-state index in [-0.39, 0.29) is 5.91 Å². The number of carbonyl (C=O) groups is 1. The van der Waals surface area contributed by atoms with Gasteiger partial charge < -0.3 is 9.47 Å². The molecule has 2 aromatic heterocycles. The summed E-state index contributed by atoms with van der Waals surface area (Å²) in [6.45, 7) is 2.74. The van der Waals surface area contributed by atoms with Gasteiger partial charge in [-0.3, -0.25) is 4.79 Å². The third-order valence-electron chi connectivity index (χ3n) is 5.20. The molecule has 0 bridgehead atoms. The molecule has 0 saturated heterocycles. The van der Waals surface area contributed by atoms with Crippen LogP contribution in [0.2, 0.25) is 0 Å². The second-order valence-electron chi connectivity index (χ2n) is 7.06. The van der Waals surface area contributed by atoms with Gasteiger partial charge in [0, 0.05) is 24.6 Å². The maximum absolute atomic E-state index is 13.5. The first-order chi connectivity index (χ1) is 13.7. The molecule has 138 valence electrons. The highest BCUT2D eigenvalue weighted by Gasteiger charge is 2.29. The van der Waals surface area contributed by atoms with E-state index in [1.165, 1.54) is 5.56 Å². The Morgan fingerprint density at radius 3 is 2.64 bits per heavy atom. The second kappa shape index (κ2) is 6.53. The first kappa shape index (κ1) is 16.6. The van der Waals surface area contributed by atoms with Gasteiger partial charge in [-0.1, -0.05) is 30.3 Å². The van der Waals surface area contributed by atoms with E-state index in [0.717, 1.165) is 29.2 Å². The Hall–Kier alpha value is -3.60. The number of carbonyl (C=O) groups excluding carboxylic acids is 1. The highest BCUT2D eigenvalue weighted by Crippen LogP contribution is 2.30. The van der Waals surface area contributed by atoms with Gasteiger partial charge in [0.2, 0.25) is 0 Å². The molecule has 5 rings (SSSR count). The number of aryl methyl sites for hydroxylation is 1. The Morgan fingerprint density at radius 2 is 1.82 bits per heavy atom. The normalized spacial score (nSPS) is 13.0. The number of rotatable bonds is 3. The number of hydrogen-bond acceptors (Lipinski definition) is 2. The SMILES string of the molecule is Cc1cccc(-n2ncc(C(=O)N3CCc4ccccc43)c2-n2cccc2)c1. The molecule has 0 atom stereocenters. The molecule has 0 unspecified atom stereocenters. The number of para-hydroxylation sites is 1. The largest absolute Gasteiger partial charge is 0.308 e. The zero-order chi connectivity index (χ0) is 19.1. The highest BCUT2D eigenvalue weighted by atomic mass is 16.2. The predicted molar refractivity (Wildman–Crippen MR) is 109 cm³/mol. The zero-order valence-corrected chi connectivity index (χ0v) is 15.6. The molecule has 0 aliphatic carbocycles. The lowest BCUT2D eigenvalue weighted by molar-refractivity contribution is 0.0989. The summed E-state index contributed by atoms with van der Waals surface area (Å²) in [4.78, 5) is 15.4. The van der Waals surface area contributed by atoms with Crippen molar-refractivity contribution in [1.29, 1.82) is 0 Å². The molecular weight excluding hydrogens is 348 g/mol. The Morgan fingerprint density at radius 1 is 1.00 bits per heavy atom. The minimum atomic E-state index is -0.0208. The van der Waals surface area contributed by atoms with Crippen LogP contribution in [-0.4, -0.2) is 26.8 Å². The topological polar surface area (TPSA) is 43.1 Å². The molecule has 4 aromatic rings. The fourth-order valence-corrected chi connectivity index (χ4v) is 3.86. The first-order valence-electron chi connectivity index (χ1n) is 9.40. The van der Waals surface area contributed by atoms with E-state index in [1.54, 1.807) is 6.20 Å². The predicted octanol–water partition coefficient (Wildman–Crippen LogP) is 4.17. The summed E-state index contributed by atoms with van der Waals surface area (Å²) in [6.07, 6.45) is 6.45. The van der Waals surface area contributed by atoms with Crippen molar-refractivity contribution in [2.24, 2.45) is 0 Å². The van der Waals surface area contributed by atoms with Gasteiger partial charge in [-0.25, -0.2) is 4.68 Å². The van der Waals surface area contributed by atoms with Crippen molar-refractivity contribution in [2.45, 2.75) is 13.3 Å². The molecular formula is C23H20N4O. The number of anilines is 1. The van der Waals surface area contributed by atoms with Crippen LogP contribution < -0.4 is 4.90 Å². The number of benzene rings is 2. The molecule has 0 fully saturated rings. The lowest BCUT2D eigenvalue weighted by atomic mass is 10.2. The summed E-state index contributed by atoms with van der Waals surface area (Å²) in [5.41, 5.74) is 4.88. The minimum absolute atomic E-state index is 0.0208. The van der Waals surface area contributed by atoms with Crippen molar-refractivity contribution in [1.82, 2.24) is 14.3 Å². The van der Waals surface area contributed by atoms with Gasteiger partial charge in [0.05, 0.1) is 11.9 Å². The van der Waals surface area contributed by atoms with Gasteiger partial charge in [0.15, 0.2) is 5.82 Å². The van der Waals surface area contributed by atoms with Crippen LogP contribution in [0.15, 0.2) is 79.3 Å². The number of aromatic nitrogens is 3. The number of amides is 1. The Balaban J connectivity index is 1.64. The summed E-state index contributed by atoms with van der Waals surface area (Å²) in [6, 6.07) is 20.1. The van der Waals surface area contributed by atoms with Crippen LogP contribution in [0.4, 0.5) is 5.69 Å². The van der Waals surface area contributed by atoms with E-state index in [0.29, 0.717) is 12.1 Å². The summed E-state index contributed by atoms with van der Waals surface area (Å²) < 4.78 is 3.78. The van der Waals surface area contributed by atoms with Crippen molar-refractivity contribution in [3.05, 3.63) is 95.9 Å². The van der Waals surface area contributed by atoms with E-state index in [1.807, 2.05) is 69.0 Å². The van der Waals surface area contributed by atoms with Crippen LogP contribution in [0.25, 0.3) is 11.5 Å². The van der Waals surface area contributed by atoms with Gasteiger partial charge in [0.25, 0.3) is 5.91 Å². The van der Waals surface area contributed by atoms with E-state index < -0.39 is 0 Å². The van der Waals surface area contributed by atoms with Gasteiger partial charge >= 0.3 is 0 Å². The average molecular weight is 368 g/mol. The number of fused-ring (bicyclic) bond motifs is 1. The van der Waals surface area contributed by atoms with Crippen LogP contribution in [0.5, 0.6) is 0 Å².